The lowest BCUT2D eigenvalue weighted by molar-refractivity contribution is -0.00583. The Labute approximate surface area is 136 Å². The number of hydrogen-bond acceptors (Lipinski definition) is 6. The molecule has 1 aliphatic carbocycles. The van der Waals surface area contributed by atoms with Gasteiger partial charge in [-0.2, -0.15) is 0 Å². The molecule has 2 heterocycles. The van der Waals surface area contributed by atoms with Gasteiger partial charge in [-0.15, -0.1) is 0 Å². The first-order valence-electron chi connectivity index (χ1n) is 8.09. The molecule has 23 heavy (non-hydrogen) atoms. The summed E-state index contributed by atoms with van der Waals surface area (Å²) in [6.07, 6.45) is 4.82. The minimum absolute atomic E-state index is 0.356. The van der Waals surface area contributed by atoms with Crippen LogP contribution in [0.15, 0.2) is 12.1 Å². The second-order valence-electron chi connectivity index (χ2n) is 6.98. The number of carbonyl (C=O) groups excluding carboxylic acids is 1. The van der Waals surface area contributed by atoms with E-state index in [2.05, 4.69) is 9.88 Å². The average molecular weight is 320 g/mol. The number of aliphatic hydroxyl groups is 2. The van der Waals surface area contributed by atoms with Crippen LogP contribution >= 0.6 is 0 Å². The zero-order chi connectivity index (χ0) is 16.7. The van der Waals surface area contributed by atoms with Gasteiger partial charge in [0.15, 0.2) is 0 Å². The van der Waals surface area contributed by atoms with Gasteiger partial charge in [0, 0.05) is 13.1 Å². The molecule has 2 fully saturated rings. The van der Waals surface area contributed by atoms with Crippen molar-refractivity contribution in [2.24, 2.45) is 5.41 Å². The van der Waals surface area contributed by atoms with E-state index in [4.69, 9.17) is 4.74 Å². The highest BCUT2D eigenvalue weighted by atomic mass is 16.5. The van der Waals surface area contributed by atoms with Crippen LogP contribution < -0.4 is 4.90 Å². The first-order valence-corrected chi connectivity index (χ1v) is 8.09. The van der Waals surface area contributed by atoms with E-state index in [1.54, 1.807) is 12.1 Å². The Bertz CT molecular complexity index is 601. The van der Waals surface area contributed by atoms with E-state index in [0.717, 1.165) is 25.9 Å². The summed E-state index contributed by atoms with van der Waals surface area (Å²) in [7, 11) is 1.35. The fourth-order valence-corrected chi connectivity index (χ4v) is 3.21. The van der Waals surface area contributed by atoms with Crippen LogP contribution in [0.3, 0.4) is 0 Å². The summed E-state index contributed by atoms with van der Waals surface area (Å²) in [6.45, 7) is 2.77. The summed E-state index contributed by atoms with van der Waals surface area (Å²) < 4.78 is 4.86. The van der Waals surface area contributed by atoms with E-state index in [9.17, 15) is 15.0 Å². The minimum atomic E-state index is -1.43. The van der Waals surface area contributed by atoms with Crippen LogP contribution in [0.5, 0.6) is 0 Å². The van der Waals surface area contributed by atoms with Crippen molar-refractivity contribution in [3.63, 3.8) is 0 Å². The Morgan fingerprint density at radius 3 is 2.52 bits per heavy atom. The highest BCUT2D eigenvalue weighted by molar-refractivity contribution is 5.94. The molecule has 1 unspecified atom stereocenters. The van der Waals surface area contributed by atoms with Gasteiger partial charge in [-0.1, -0.05) is 0 Å². The van der Waals surface area contributed by atoms with Gasteiger partial charge >= 0.3 is 5.97 Å². The number of rotatable bonds is 4. The lowest BCUT2D eigenvalue weighted by Crippen LogP contribution is -2.37. The van der Waals surface area contributed by atoms with Crippen molar-refractivity contribution in [1.29, 1.82) is 0 Å². The molecule has 1 spiro atoms. The fourth-order valence-electron chi connectivity index (χ4n) is 3.21. The molecule has 1 aromatic heterocycles. The smallest absolute Gasteiger partial charge is 0.341 e. The van der Waals surface area contributed by atoms with E-state index >= 15 is 0 Å². The average Bonchev–Trinajstić information content (AvgIpc) is 3.33. The summed E-state index contributed by atoms with van der Waals surface area (Å²) in [5.41, 5.74) is -0.154. The second-order valence-corrected chi connectivity index (χ2v) is 6.98. The van der Waals surface area contributed by atoms with Gasteiger partial charge in [-0.25, -0.2) is 9.78 Å². The molecule has 2 N–H and O–H groups in total. The van der Waals surface area contributed by atoms with Crippen LogP contribution in [0.1, 0.15) is 48.7 Å². The summed E-state index contributed by atoms with van der Waals surface area (Å²) in [5, 5.41) is 19.6. The highest BCUT2D eigenvalue weighted by Crippen LogP contribution is 2.54. The number of aliphatic hydroxyl groups excluding tert-OH is 1. The zero-order valence-corrected chi connectivity index (χ0v) is 13.7. The van der Waals surface area contributed by atoms with Crippen molar-refractivity contribution in [1.82, 2.24) is 4.98 Å². The van der Waals surface area contributed by atoms with Gasteiger partial charge in [-0.05, 0) is 50.2 Å². The Morgan fingerprint density at radius 1 is 1.35 bits per heavy atom. The number of aromatic nitrogens is 1. The van der Waals surface area contributed by atoms with E-state index < -0.39 is 18.2 Å². The van der Waals surface area contributed by atoms with Crippen molar-refractivity contribution >= 4 is 11.8 Å². The SMILES string of the molecule is COC(=O)c1ccc(C(C)(O)CO)nc1N1CCC2(CC1)CC2. The Hall–Kier alpha value is -1.66. The first kappa shape index (κ1) is 16.2. The molecule has 6 nitrogen and oxygen atoms in total. The van der Waals surface area contributed by atoms with Crippen LogP contribution in [0, 0.1) is 5.41 Å². The van der Waals surface area contributed by atoms with Crippen LogP contribution in [0.25, 0.3) is 0 Å². The number of ether oxygens (including phenoxy) is 1. The third-order valence-corrected chi connectivity index (χ3v) is 5.22. The monoisotopic (exact) mass is 320 g/mol. The lowest BCUT2D eigenvalue weighted by atomic mass is 9.93. The second kappa shape index (κ2) is 5.76. The van der Waals surface area contributed by atoms with Crippen LogP contribution in [-0.2, 0) is 10.3 Å². The van der Waals surface area contributed by atoms with E-state index in [-0.39, 0.29) is 0 Å². The van der Waals surface area contributed by atoms with Crippen molar-refractivity contribution in [2.75, 3.05) is 31.7 Å². The third-order valence-electron chi connectivity index (χ3n) is 5.22. The predicted octanol–water partition coefficient (Wildman–Crippen LogP) is 1.45. The molecule has 1 aliphatic heterocycles. The Morgan fingerprint density at radius 2 is 2.00 bits per heavy atom. The van der Waals surface area contributed by atoms with Crippen LogP contribution in [0.2, 0.25) is 0 Å². The third kappa shape index (κ3) is 3.05. The van der Waals surface area contributed by atoms with Crippen molar-refractivity contribution in [3.05, 3.63) is 23.4 Å². The summed E-state index contributed by atoms with van der Waals surface area (Å²) in [5.74, 6) is 0.105. The lowest BCUT2D eigenvalue weighted by Gasteiger charge is -2.34. The number of methoxy groups -OCH3 is 1. The normalized spacial score (nSPS) is 21.8. The Balaban J connectivity index is 1.93. The maximum Gasteiger partial charge on any atom is 0.341 e. The molecule has 1 aromatic rings. The molecule has 126 valence electrons. The summed E-state index contributed by atoms with van der Waals surface area (Å²) in [4.78, 5) is 18.6. The maximum absolute atomic E-state index is 12.0. The van der Waals surface area contributed by atoms with E-state index in [0.29, 0.717) is 22.5 Å². The molecule has 1 saturated carbocycles. The molecule has 0 amide bonds. The van der Waals surface area contributed by atoms with Crippen LogP contribution in [0.4, 0.5) is 5.82 Å². The predicted molar refractivity (Wildman–Crippen MR) is 85.3 cm³/mol. The largest absolute Gasteiger partial charge is 0.465 e. The number of carbonyl (C=O) groups is 1. The van der Waals surface area contributed by atoms with Crippen molar-refractivity contribution in [2.45, 2.75) is 38.2 Å². The van der Waals surface area contributed by atoms with Gasteiger partial charge in [0.2, 0.25) is 0 Å². The molecule has 0 bridgehead atoms. The molecule has 0 radical (unpaired) electrons. The molecule has 0 aromatic carbocycles. The van der Waals surface area contributed by atoms with Gasteiger partial charge in [-0.3, -0.25) is 0 Å². The van der Waals surface area contributed by atoms with Crippen molar-refractivity contribution < 1.29 is 19.7 Å². The van der Waals surface area contributed by atoms with Crippen LogP contribution in [-0.4, -0.2) is 48.0 Å². The number of esters is 1. The molecule has 2 aliphatic rings. The van der Waals surface area contributed by atoms with Gasteiger partial charge in [0.1, 0.15) is 17.0 Å². The minimum Gasteiger partial charge on any atom is -0.465 e. The summed E-state index contributed by atoms with van der Waals surface area (Å²) >= 11 is 0. The first-order chi connectivity index (χ1) is 10.9. The molecule has 1 atom stereocenters. The molecular formula is C17H24N2O4. The van der Waals surface area contributed by atoms with Gasteiger partial charge < -0.3 is 19.8 Å². The quantitative estimate of drug-likeness (QED) is 0.817. The number of nitrogens with zero attached hydrogens (tertiary/aromatic N) is 2. The fraction of sp³-hybridized carbons (Fsp3) is 0.647. The van der Waals surface area contributed by atoms with Crippen molar-refractivity contribution in [3.8, 4) is 0 Å². The molecular weight excluding hydrogens is 296 g/mol. The topological polar surface area (TPSA) is 82.9 Å². The molecule has 6 heteroatoms. The van der Waals surface area contributed by atoms with E-state index in [1.807, 2.05) is 0 Å². The highest BCUT2D eigenvalue weighted by Gasteiger charge is 2.45. The Kier molecular flexibility index (Phi) is 4.06. The number of pyridine rings is 1. The zero-order valence-electron chi connectivity index (χ0n) is 13.7. The number of piperidine rings is 1. The maximum atomic E-state index is 12.0. The molecule has 3 rings (SSSR count). The number of anilines is 1. The standard InChI is InChI=1S/C17H24N2O4/c1-16(22,11-20)13-4-3-12(15(21)23-2)14(18-13)19-9-7-17(5-6-17)8-10-19/h3-4,20,22H,5-11H2,1-2H3. The number of hydrogen-bond donors (Lipinski definition) is 2. The molecule has 1 saturated heterocycles. The summed E-state index contributed by atoms with van der Waals surface area (Å²) in [6, 6.07) is 3.19. The van der Waals surface area contributed by atoms with E-state index in [1.165, 1.54) is 26.9 Å². The van der Waals surface area contributed by atoms with Gasteiger partial charge in [0.25, 0.3) is 0 Å². The van der Waals surface area contributed by atoms with Gasteiger partial charge in [0.05, 0.1) is 19.4 Å².